The molecular weight excluding hydrogens is 400 g/mol. The molecule has 2 aliphatic heterocycles. The largest absolute Gasteiger partial charge is 0.508 e. The van der Waals surface area contributed by atoms with Crippen LogP contribution in [0.15, 0.2) is 42.5 Å². The van der Waals surface area contributed by atoms with Crippen molar-refractivity contribution in [3.8, 4) is 11.5 Å². The summed E-state index contributed by atoms with van der Waals surface area (Å²) in [5.41, 5.74) is 3.76. The fourth-order valence-electron chi connectivity index (χ4n) is 5.06. The van der Waals surface area contributed by atoms with Crippen molar-refractivity contribution in [1.29, 1.82) is 0 Å². The number of rotatable bonds is 9. The lowest BCUT2D eigenvalue weighted by atomic mass is 9.95. The van der Waals surface area contributed by atoms with Gasteiger partial charge in [-0.1, -0.05) is 24.3 Å². The Morgan fingerprint density at radius 2 is 1.88 bits per heavy atom. The number of phenols is 1. The number of ether oxygens (including phenoxy) is 2. The summed E-state index contributed by atoms with van der Waals surface area (Å²) >= 11 is 0. The lowest BCUT2D eigenvalue weighted by molar-refractivity contribution is 0.0567. The van der Waals surface area contributed by atoms with Crippen molar-refractivity contribution in [2.75, 3.05) is 39.9 Å². The molecule has 2 heterocycles. The van der Waals surface area contributed by atoms with Gasteiger partial charge in [0.1, 0.15) is 11.5 Å². The number of aromatic hydroxyl groups is 1. The van der Waals surface area contributed by atoms with E-state index in [4.69, 9.17) is 9.47 Å². The lowest BCUT2D eigenvalue weighted by Gasteiger charge is -2.36. The topological polar surface area (TPSA) is 45.2 Å². The van der Waals surface area contributed by atoms with E-state index in [1.807, 2.05) is 12.1 Å². The van der Waals surface area contributed by atoms with E-state index < -0.39 is 0 Å². The summed E-state index contributed by atoms with van der Waals surface area (Å²) in [5, 5.41) is 10.4. The van der Waals surface area contributed by atoms with Crippen molar-refractivity contribution < 1.29 is 14.6 Å². The Labute approximate surface area is 192 Å². The first-order chi connectivity index (χ1) is 15.6. The van der Waals surface area contributed by atoms with Crippen LogP contribution in [-0.4, -0.2) is 60.9 Å². The molecular formula is C27H38N2O3. The third-order valence-electron chi connectivity index (χ3n) is 7.05. The maximum absolute atomic E-state index is 10.4. The summed E-state index contributed by atoms with van der Waals surface area (Å²) in [6.07, 6.45) is 5.04. The predicted octanol–water partition coefficient (Wildman–Crippen LogP) is 4.60. The minimum absolute atomic E-state index is 0.309. The normalized spacial score (nSPS) is 20.2. The fourth-order valence-corrected chi connectivity index (χ4v) is 5.06. The SMILES string of the molecule is COc1ccc(O)c(CN(CC2CCN(Cc3ccccc3C)CC2)C[C@H]2CCCO2)c1. The number of likely N-dealkylation sites (tertiary alicyclic amines) is 1. The smallest absolute Gasteiger partial charge is 0.120 e. The molecule has 5 heteroatoms. The van der Waals surface area contributed by atoms with E-state index in [0.717, 1.165) is 70.0 Å². The number of hydrogen-bond donors (Lipinski definition) is 1. The van der Waals surface area contributed by atoms with Gasteiger partial charge in [0.15, 0.2) is 0 Å². The Kier molecular flexibility index (Phi) is 8.06. The van der Waals surface area contributed by atoms with Crippen molar-refractivity contribution >= 4 is 0 Å². The minimum Gasteiger partial charge on any atom is -0.508 e. The van der Waals surface area contributed by atoms with Gasteiger partial charge < -0.3 is 14.6 Å². The van der Waals surface area contributed by atoms with Crippen LogP contribution in [-0.2, 0) is 17.8 Å². The van der Waals surface area contributed by atoms with Crippen LogP contribution >= 0.6 is 0 Å². The first-order valence-electron chi connectivity index (χ1n) is 12.1. The van der Waals surface area contributed by atoms with Gasteiger partial charge in [-0.15, -0.1) is 0 Å². The van der Waals surface area contributed by atoms with E-state index in [-0.39, 0.29) is 0 Å². The van der Waals surface area contributed by atoms with Gasteiger partial charge in [-0.2, -0.15) is 0 Å². The third-order valence-corrected chi connectivity index (χ3v) is 7.05. The van der Waals surface area contributed by atoms with E-state index in [0.29, 0.717) is 17.8 Å². The number of piperidine rings is 1. The van der Waals surface area contributed by atoms with E-state index in [1.54, 1.807) is 13.2 Å². The van der Waals surface area contributed by atoms with E-state index in [1.165, 1.54) is 24.0 Å². The fraction of sp³-hybridized carbons (Fsp3) is 0.556. The first-order valence-corrected chi connectivity index (χ1v) is 12.1. The second-order valence-corrected chi connectivity index (χ2v) is 9.47. The van der Waals surface area contributed by atoms with Crippen molar-refractivity contribution in [2.24, 2.45) is 5.92 Å². The average Bonchev–Trinajstić information content (AvgIpc) is 3.31. The van der Waals surface area contributed by atoms with E-state index in [9.17, 15) is 5.11 Å². The number of benzene rings is 2. The molecule has 1 atom stereocenters. The molecule has 4 rings (SSSR count). The van der Waals surface area contributed by atoms with Gasteiger partial charge in [-0.05, 0) is 80.9 Å². The first kappa shape index (κ1) is 23.1. The Morgan fingerprint density at radius 1 is 1.06 bits per heavy atom. The van der Waals surface area contributed by atoms with E-state index in [2.05, 4.69) is 41.0 Å². The maximum atomic E-state index is 10.4. The summed E-state index contributed by atoms with van der Waals surface area (Å²) in [5.74, 6) is 1.81. The summed E-state index contributed by atoms with van der Waals surface area (Å²) in [6.45, 7) is 9.14. The molecule has 0 radical (unpaired) electrons. The Morgan fingerprint density at radius 3 is 2.59 bits per heavy atom. The van der Waals surface area contributed by atoms with E-state index >= 15 is 0 Å². The van der Waals surface area contributed by atoms with Crippen LogP contribution in [0.5, 0.6) is 11.5 Å². The van der Waals surface area contributed by atoms with Gasteiger partial charge in [-0.25, -0.2) is 0 Å². The quantitative estimate of drug-likeness (QED) is 0.620. The number of aryl methyl sites for hydroxylation is 1. The van der Waals surface area contributed by atoms with Crippen LogP contribution in [0.25, 0.3) is 0 Å². The monoisotopic (exact) mass is 438 g/mol. The van der Waals surface area contributed by atoms with Crippen molar-refractivity contribution in [2.45, 2.75) is 51.8 Å². The van der Waals surface area contributed by atoms with Crippen LogP contribution < -0.4 is 4.74 Å². The van der Waals surface area contributed by atoms with Gasteiger partial charge in [0.2, 0.25) is 0 Å². The highest BCUT2D eigenvalue weighted by Crippen LogP contribution is 2.27. The molecule has 0 aromatic heterocycles. The third kappa shape index (κ3) is 6.25. The molecule has 1 N–H and O–H groups in total. The number of nitrogens with zero attached hydrogens (tertiary/aromatic N) is 2. The van der Waals surface area contributed by atoms with Crippen LogP contribution in [0.4, 0.5) is 0 Å². The van der Waals surface area contributed by atoms with Crippen LogP contribution in [0.2, 0.25) is 0 Å². The highest BCUT2D eigenvalue weighted by atomic mass is 16.5. The maximum Gasteiger partial charge on any atom is 0.120 e. The zero-order chi connectivity index (χ0) is 22.3. The molecule has 0 bridgehead atoms. The Hall–Kier alpha value is -2.08. The molecule has 2 fully saturated rings. The summed E-state index contributed by atoms with van der Waals surface area (Å²) in [7, 11) is 1.67. The average molecular weight is 439 g/mol. The van der Waals surface area contributed by atoms with Gasteiger partial charge in [-0.3, -0.25) is 9.80 Å². The zero-order valence-corrected chi connectivity index (χ0v) is 19.6. The number of phenolic OH excluding ortho intramolecular Hbond substituents is 1. The summed E-state index contributed by atoms with van der Waals surface area (Å²) in [4.78, 5) is 5.09. The van der Waals surface area contributed by atoms with Crippen molar-refractivity contribution in [1.82, 2.24) is 9.80 Å². The molecule has 174 valence electrons. The van der Waals surface area contributed by atoms with Crippen molar-refractivity contribution in [3.05, 3.63) is 59.2 Å². The number of methoxy groups -OCH3 is 1. The zero-order valence-electron chi connectivity index (χ0n) is 19.6. The van der Waals surface area contributed by atoms with Gasteiger partial charge in [0, 0.05) is 38.3 Å². The molecule has 2 aliphatic rings. The molecule has 0 aliphatic carbocycles. The van der Waals surface area contributed by atoms with Crippen LogP contribution in [0, 0.1) is 12.8 Å². The molecule has 0 spiro atoms. The molecule has 2 aromatic carbocycles. The highest BCUT2D eigenvalue weighted by Gasteiger charge is 2.25. The molecule has 5 nitrogen and oxygen atoms in total. The molecule has 2 aromatic rings. The highest BCUT2D eigenvalue weighted by molar-refractivity contribution is 5.39. The van der Waals surface area contributed by atoms with Crippen molar-refractivity contribution in [3.63, 3.8) is 0 Å². The Balaban J connectivity index is 1.35. The lowest BCUT2D eigenvalue weighted by Crippen LogP contribution is -2.40. The predicted molar refractivity (Wildman–Crippen MR) is 128 cm³/mol. The second kappa shape index (κ2) is 11.2. The summed E-state index contributed by atoms with van der Waals surface area (Å²) in [6, 6.07) is 14.2. The summed E-state index contributed by atoms with van der Waals surface area (Å²) < 4.78 is 11.3. The number of hydrogen-bond acceptors (Lipinski definition) is 5. The van der Waals surface area contributed by atoms with Gasteiger partial charge in [0.05, 0.1) is 13.2 Å². The molecule has 0 unspecified atom stereocenters. The molecule has 0 saturated carbocycles. The van der Waals surface area contributed by atoms with Crippen LogP contribution in [0.3, 0.4) is 0 Å². The van der Waals surface area contributed by atoms with Crippen LogP contribution in [0.1, 0.15) is 42.4 Å². The minimum atomic E-state index is 0.309. The molecule has 2 saturated heterocycles. The second-order valence-electron chi connectivity index (χ2n) is 9.47. The molecule has 0 amide bonds. The Bertz CT molecular complexity index is 858. The molecule has 32 heavy (non-hydrogen) atoms. The standard InChI is InChI=1S/C27H38N2O3/c1-21-6-3-4-7-23(21)18-28-13-11-22(12-14-28)17-29(20-26-8-5-15-32-26)19-24-16-25(31-2)9-10-27(24)30/h3-4,6-7,9-10,16,22,26,30H,5,8,11-15,17-20H2,1-2H3/t26-/m1/s1. The van der Waals surface area contributed by atoms with Gasteiger partial charge in [0.25, 0.3) is 0 Å². The van der Waals surface area contributed by atoms with Gasteiger partial charge >= 0.3 is 0 Å².